The van der Waals surface area contributed by atoms with E-state index in [0.717, 1.165) is 19.4 Å². The molecule has 0 spiro atoms. The molecule has 3 N–H and O–H groups in total. The Bertz CT molecular complexity index is 191. The van der Waals surface area contributed by atoms with Crippen molar-refractivity contribution in [2.75, 3.05) is 27.8 Å². The first-order valence-corrected chi connectivity index (χ1v) is 6.30. The summed E-state index contributed by atoms with van der Waals surface area (Å²) in [7, 11) is 6.10. The molecule has 96 valence electrons. The lowest BCUT2D eigenvalue weighted by molar-refractivity contribution is 0.0923. The van der Waals surface area contributed by atoms with Crippen LogP contribution in [0.2, 0.25) is 0 Å². The predicted molar refractivity (Wildman–Crippen MR) is 67.1 cm³/mol. The second kappa shape index (κ2) is 6.55. The number of nitrogens with zero attached hydrogens (tertiary/aromatic N) is 1. The summed E-state index contributed by atoms with van der Waals surface area (Å²) in [6.45, 7) is 0.821. The zero-order valence-corrected chi connectivity index (χ0v) is 11.0. The SMILES string of the molecule is COCCCC(NN)C1(N(C)C)CCCC1. The third-order valence-electron chi connectivity index (χ3n) is 4.05. The molecule has 0 aliphatic heterocycles. The van der Waals surface area contributed by atoms with Crippen LogP contribution in [0.3, 0.4) is 0 Å². The molecule has 1 unspecified atom stereocenters. The smallest absolute Gasteiger partial charge is 0.0462 e. The molecule has 1 aliphatic carbocycles. The molecule has 0 radical (unpaired) electrons. The summed E-state index contributed by atoms with van der Waals surface area (Å²) >= 11 is 0. The summed E-state index contributed by atoms with van der Waals surface area (Å²) in [5.74, 6) is 5.74. The molecule has 1 atom stereocenters. The topological polar surface area (TPSA) is 50.5 Å². The molecule has 4 nitrogen and oxygen atoms in total. The first-order chi connectivity index (χ1) is 7.67. The average molecular weight is 229 g/mol. The number of hydrogen-bond donors (Lipinski definition) is 2. The van der Waals surface area contributed by atoms with Gasteiger partial charge in [-0.15, -0.1) is 0 Å². The second-order valence-electron chi connectivity index (χ2n) is 5.06. The fourth-order valence-corrected chi connectivity index (χ4v) is 3.03. The van der Waals surface area contributed by atoms with Crippen LogP contribution in [0, 0.1) is 0 Å². The van der Waals surface area contributed by atoms with Crippen LogP contribution in [0.1, 0.15) is 38.5 Å². The Hall–Kier alpha value is -0.160. The van der Waals surface area contributed by atoms with E-state index >= 15 is 0 Å². The molecule has 0 aromatic carbocycles. The number of ether oxygens (including phenoxy) is 1. The Morgan fingerprint density at radius 3 is 2.44 bits per heavy atom. The average Bonchev–Trinajstić information content (AvgIpc) is 2.74. The summed E-state index contributed by atoms with van der Waals surface area (Å²) in [6, 6.07) is 0.375. The van der Waals surface area contributed by atoms with Crippen molar-refractivity contribution in [2.45, 2.75) is 50.1 Å². The summed E-state index contributed by atoms with van der Waals surface area (Å²) in [4.78, 5) is 2.36. The molecule has 1 rings (SSSR count). The van der Waals surface area contributed by atoms with E-state index < -0.39 is 0 Å². The first-order valence-electron chi connectivity index (χ1n) is 6.30. The third kappa shape index (κ3) is 2.94. The predicted octanol–water partition coefficient (Wildman–Crippen LogP) is 1.12. The summed E-state index contributed by atoms with van der Waals surface area (Å²) < 4.78 is 5.11. The maximum atomic E-state index is 5.74. The van der Waals surface area contributed by atoms with Crippen molar-refractivity contribution in [2.24, 2.45) is 5.84 Å². The van der Waals surface area contributed by atoms with Gasteiger partial charge in [-0.05, 0) is 39.8 Å². The third-order valence-corrected chi connectivity index (χ3v) is 4.05. The molecule has 4 heteroatoms. The van der Waals surface area contributed by atoms with Crippen LogP contribution < -0.4 is 11.3 Å². The minimum absolute atomic E-state index is 0.252. The number of hydrazine groups is 1. The molecule has 0 bridgehead atoms. The largest absolute Gasteiger partial charge is 0.385 e. The summed E-state index contributed by atoms with van der Waals surface area (Å²) in [6.07, 6.45) is 7.30. The van der Waals surface area contributed by atoms with Crippen molar-refractivity contribution in [1.82, 2.24) is 10.3 Å². The van der Waals surface area contributed by atoms with Gasteiger partial charge in [0.05, 0.1) is 0 Å². The van der Waals surface area contributed by atoms with E-state index in [1.165, 1.54) is 25.7 Å². The van der Waals surface area contributed by atoms with Gasteiger partial charge in [0.25, 0.3) is 0 Å². The maximum absolute atomic E-state index is 5.74. The number of nitrogens with one attached hydrogen (secondary N) is 1. The number of likely N-dealkylation sites (N-methyl/N-ethyl adjacent to an activating group) is 1. The fourth-order valence-electron chi connectivity index (χ4n) is 3.03. The lowest BCUT2D eigenvalue weighted by atomic mass is 9.84. The molecule has 0 heterocycles. The molecule has 1 saturated carbocycles. The zero-order chi connectivity index (χ0) is 12.0. The van der Waals surface area contributed by atoms with Crippen LogP contribution in [-0.4, -0.2) is 44.3 Å². The van der Waals surface area contributed by atoms with Gasteiger partial charge < -0.3 is 9.64 Å². The second-order valence-corrected chi connectivity index (χ2v) is 5.06. The first kappa shape index (κ1) is 13.9. The van der Waals surface area contributed by atoms with Gasteiger partial charge in [-0.3, -0.25) is 11.3 Å². The Labute approximate surface area is 99.5 Å². The number of methoxy groups -OCH3 is 1. The van der Waals surface area contributed by atoms with Gasteiger partial charge in [0.2, 0.25) is 0 Å². The van der Waals surface area contributed by atoms with Crippen LogP contribution >= 0.6 is 0 Å². The fraction of sp³-hybridized carbons (Fsp3) is 1.00. The van der Waals surface area contributed by atoms with Gasteiger partial charge >= 0.3 is 0 Å². The normalized spacial score (nSPS) is 21.6. The monoisotopic (exact) mass is 229 g/mol. The van der Waals surface area contributed by atoms with Gasteiger partial charge in [-0.2, -0.15) is 0 Å². The Morgan fingerprint density at radius 1 is 1.38 bits per heavy atom. The standard InChI is InChI=1S/C12H27N3O/c1-15(2)12(8-4-5-9-12)11(14-13)7-6-10-16-3/h11,14H,4-10,13H2,1-3H3. The van der Waals surface area contributed by atoms with E-state index in [1.807, 2.05) is 0 Å². The molecule has 0 aromatic heterocycles. The van der Waals surface area contributed by atoms with Crippen molar-refractivity contribution >= 4 is 0 Å². The molecule has 0 amide bonds. The molecular weight excluding hydrogens is 202 g/mol. The molecule has 1 aliphatic rings. The minimum Gasteiger partial charge on any atom is -0.385 e. The van der Waals surface area contributed by atoms with Gasteiger partial charge in [-0.1, -0.05) is 12.8 Å². The van der Waals surface area contributed by atoms with Crippen LogP contribution in [0.5, 0.6) is 0 Å². The number of hydrogen-bond acceptors (Lipinski definition) is 4. The quantitative estimate of drug-likeness (QED) is 0.390. The van der Waals surface area contributed by atoms with Gasteiger partial charge in [0.1, 0.15) is 0 Å². The maximum Gasteiger partial charge on any atom is 0.0462 e. The molecule has 16 heavy (non-hydrogen) atoms. The van der Waals surface area contributed by atoms with Crippen LogP contribution in [0.4, 0.5) is 0 Å². The molecule has 0 saturated heterocycles. The number of rotatable bonds is 7. The Kier molecular flexibility index (Phi) is 5.69. The summed E-state index contributed by atoms with van der Waals surface area (Å²) in [5, 5.41) is 0. The van der Waals surface area contributed by atoms with Gasteiger partial charge in [0.15, 0.2) is 0 Å². The Morgan fingerprint density at radius 2 is 2.00 bits per heavy atom. The zero-order valence-electron chi connectivity index (χ0n) is 11.0. The van der Waals surface area contributed by atoms with E-state index in [4.69, 9.17) is 10.6 Å². The highest BCUT2D eigenvalue weighted by atomic mass is 16.5. The highest BCUT2D eigenvalue weighted by Gasteiger charge is 2.42. The van der Waals surface area contributed by atoms with E-state index in [1.54, 1.807) is 7.11 Å². The highest BCUT2D eigenvalue weighted by Crippen LogP contribution is 2.37. The minimum atomic E-state index is 0.252. The lowest BCUT2D eigenvalue weighted by Gasteiger charge is -2.43. The van der Waals surface area contributed by atoms with Crippen LogP contribution in [0.25, 0.3) is 0 Å². The van der Waals surface area contributed by atoms with E-state index in [2.05, 4.69) is 24.4 Å². The van der Waals surface area contributed by atoms with Crippen molar-refractivity contribution in [3.63, 3.8) is 0 Å². The molecule has 1 fully saturated rings. The molecular formula is C12H27N3O. The van der Waals surface area contributed by atoms with Gasteiger partial charge in [-0.25, -0.2) is 0 Å². The van der Waals surface area contributed by atoms with Crippen molar-refractivity contribution < 1.29 is 4.74 Å². The Balaban J connectivity index is 2.59. The van der Waals surface area contributed by atoms with Crippen LogP contribution in [-0.2, 0) is 4.74 Å². The van der Waals surface area contributed by atoms with E-state index in [9.17, 15) is 0 Å². The van der Waals surface area contributed by atoms with Gasteiger partial charge in [0, 0.05) is 25.3 Å². The van der Waals surface area contributed by atoms with E-state index in [0.29, 0.717) is 6.04 Å². The van der Waals surface area contributed by atoms with E-state index in [-0.39, 0.29) is 5.54 Å². The van der Waals surface area contributed by atoms with Crippen molar-refractivity contribution in [3.8, 4) is 0 Å². The lowest BCUT2D eigenvalue weighted by Crippen LogP contribution is -2.59. The highest BCUT2D eigenvalue weighted by molar-refractivity contribution is 5.01. The van der Waals surface area contributed by atoms with Crippen molar-refractivity contribution in [1.29, 1.82) is 0 Å². The number of nitrogens with two attached hydrogens (primary N) is 1. The van der Waals surface area contributed by atoms with Crippen molar-refractivity contribution in [3.05, 3.63) is 0 Å². The molecule has 0 aromatic rings. The van der Waals surface area contributed by atoms with Crippen LogP contribution in [0.15, 0.2) is 0 Å². The summed E-state index contributed by atoms with van der Waals surface area (Å²) in [5.41, 5.74) is 3.28.